The van der Waals surface area contributed by atoms with Gasteiger partial charge in [0.2, 0.25) is 0 Å². The fourth-order valence-corrected chi connectivity index (χ4v) is 1.72. The van der Waals surface area contributed by atoms with Gasteiger partial charge in [0, 0.05) is 6.04 Å². The van der Waals surface area contributed by atoms with Crippen LogP contribution in [0.15, 0.2) is 0 Å². The van der Waals surface area contributed by atoms with Crippen molar-refractivity contribution in [2.24, 2.45) is 0 Å². The topological polar surface area (TPSA) is 69.6 Å². The quantitative estimate of drug-likeness (QED) is 0.782. The molecule has 2 amide bonds. The van der Waals surface area contributed by atoms with Crippen LogP contribution in [0.25, 0.3) is 0 Å². The first-order valence-electron chi connectivity index (χ1n) is 6.11. The molecule has 5 nitrogen and oxygen atoms in total. The molecule has 0 aromatic rings. The number of carboxylic acid groups (broad SMARTS) is 1. The number of hydrogen-bond acceptors (Lipinski definition) is 2. The molecule has 0 aliphatic heterocycles. The molecule has 19 heavy (non-hydrogen) atoms. The molecule has 1 aliphatic rings. The normalized spacial score (nSPS) is 16.8. The number of carbonyl (C=O) groups excluding carboxylic acids is 1. The monoisotopic (exact) mass is 282 g/mol. The second-order valence-corrected chi connectivity index (χ2v) is 4.60. The van der Waals surface area contributed by atoms with Gasteiger partial charge in [-0.25, -0.2) is 9.59 Å². The van der Waals surface area contributed by atoms with Gasteiger partial charge in [0.05, 0.1) is 0 Å². The number of alkyl halides is 3. The van der Waals surface area contributed by atoms with Gasteiger partial charge >= 0.3 is 18.2 Å². The van der Waals surface area contributed by atoms with Crippen molar-refractivity contribution in [3.8, 4) is 0 Å². The summed E-state index contributed by atoms with van der Waals surface area (Å²) in [4.78, 5) is 23.3. The minimum absolute atomic E-state index is 0.186. The van der Waals surface area contributed by atoms with E-state index in [9.17, 15) is 22.8 Å². The molecule has 1 atom stereocenters. The van der Waals surface area contributed by atoms with Gasteiger partial charge in [0.1, 0.15) is 12.6 Å². The van der Waals surface area contributed by atoms with E-state index in [1.54, 1.807) is 6.92 Å². The summed E-state index contributed by atoms with van der Waals surface area (Å²) in [5, 5.41) is 11.0. The summed E-state index contributed by atoms with van der Waals surface area (Å²) in [6.45, 7) is 0.387. The molecule has 110 valence electrons. The third-order valence-corrected chi connectivity index (χ3v) is 2.77. The summed E-state index contributed by atoms with van der Waals surface area (Å²) in [6, 6.07) is -2.54. The molecule has 1 fully saturated rings. The van der Waals surface area contributed by atoms with Crippen molar-refractivity contribution in [1.29, 1.82) is 0 Å². The van der Waals surface area contributed by atoms with E-state index in [1.807, 2.05) is 0 Å². The van der Waals surface area contributed by atoms with Gasteiger partial charge in [-0.1, -0.05) is 13.3 Å². The highest BCUT2D eigenvalue weighted by atomic mass is 19.4. The fraction of sp³-hybridized carbons (Fsp3) is 0.818. The minimum Gasteiger partial charge on any atom is -0.480 e. The highest BCUT2D eigenvalue weighted by Crippen LogP contribution is 2.30. The predicted molar refractivity (Wildman–Crippen MR) is 60.6 cm³/mol. The van der Waals surface area contributed by atoms with Gasteiger partial charge in [0.25, 0.3) is 0 Å². The lowest BCUT2D eigenvalue weighted by Gasteiger charge is -2.25. The maximum absolute atomic E-state index is 12.4. The SMILES string of the molecule is CCC[C@H](NC(=O)N(CC(F)(F)F)C1CC1)C(=O)O. The van der Waals surface area contributed by atoms with Crippen molar-refractivity contribution in [2.75, 3.05) is 6.54 Å². The van der Waals surface area contributed by atoms with E-state index in [-0.39, 0.29) is 6.42 Å². The molecule has 1 aliphatic carbocycles. The van der Waals surface area contributed by atoms with Crippen molar-refractivity contribution >= 4 is 12.0 Å². The van der Waals surface area contributed by atoms with E-state index in [0.717, 1.165) is 0 Å². The molecule has 8 heteroatoms. The molecule has 1 rings (SSSR count). The molecule has 0 spiro atoms. The summed E-state index contributed by atoms with van der Waals surface area (Å²) in [6.07, 6.45) is -2.74. The third kappa shape index (κ3) is 5.35. The van der Waals surface area contributed by atoms with Crippen molar-refractivity contribution < 1.29 is 27.9 Å². The average molecular weight is 282 g/mol. The van der Waals surface area contributed by atoms with Crippen LogP contribution in [-0.2, 0) is 4.79 Å². The summed E-state index contributed by atoms with van der Waals surface area (Å²) in [7, 11) is 0. The van der Waals surface area contributed by atoms with Crippen LogP contribution in [0, 0.1) is 0 Å². The molecule has 0 aromatic heterocycles. The fourth-order valence-electron chi connectivity index (χ4n) is 1.72. The molecule has 0 radical (unpaired) electrons. The van der Waals surface area contributed by atoms with Gasteiger partial charge in [-0.2, -0.15) is 13.2 Å². The Hall–Kier alpha value is -1.47. The highest BCUT2D eigenvalue weighted by molar-refractivity contribution is 5.82. The number of hydrogen-bond donors (Lipinski definition) is 2. The van der Waals surface area contributed by atoms with Gasteiger partial charge in [-0.05, 0) is 19.3 Å². The summed E-state index contributed by atoms with van der Waals surface area (Å²) in [5.74, 6) is -1.24. The summed E-state index contributed by atoms with van der Waals surface area (Å²) >= 11 is 0. The number of aliphatic carboxylic acids is 1. The van der Waals surface area contributed by atoms with E-state index < -0.39 is 36.8 Å². The van der Waals surface area contributed by atoms with Crippen molar-refractivity contribution in [2.45, 2.75) is 50.9 Å². The van der Waals surface area contributed by atoms with E-state index in [0.29, 0.717) is 24.2 Å². The lowest BCUT2D eigenvalue weighted by molar-refractivity contribution is -0.141. The Morgan fingerprint density at radius 3 is 2.37 bits per heavy atom. The van der Waals surface area contributed by atoms with Crippen LogP contribution in [0.4, 0.5) is 18.0 Å². The molecule has 0 unspecified atom stereocenters. The Morgan fingerprint density at radius 1 is 1.42 bits per heavy atom. The van der Waals surface area contributed by atoms with Crippen molar-refractivity contribution in [3.63, 3.8) is 0 Å². The smallest absolute Gasteiger partial charge is 0.406 e. The Bertz CT molecular complexity index is 343. The maximum Gasteiger partial charge on any atom is 0.406 e. The third-order valence-electron chi connectivity index (χ3n) is 2.77. The largest absolute Gasteiger partial charge is 0.480 e. The second-order valence-electron chi connectivity index (χ2n) is 4.60. The van der Waals surface area contributed by atoms with Gasteiger partial charge in [-0.15, -0.1) is 0 Å². The number of nitrogens with one attached hydrogen (secondary N) is 1. The van der Waals surface area contributed by atoms with Crippen LogP contribution < -0.4 is 5.32 Å². The number of urea groups is 1. The van der Waals surface area contributed by atoms with Crippen LogP contribution in [0.1, 0.15) is 32.6 Å². The summed E-state index contributed by atoms with van der Waals surface area (Å²) < 4.78 is 37.1. The molecule has 0 saturated heterocycles. The molecule has 2 N–H and O–H groups in total. The first-order chi connectivity index (χ1) is 8.74. The highest BCUT2D eigenvalue weighted by Gasteiger charge is 2.41. The Morgan fingerprint density at radius 2 is 2.00 bits per heavy atom. The number of rotatable bonds is 6. The first-order valence-corrected chi connectivity index (χ1v) is 6.11. The Kier molecular flexibility index (Phi) is 5.02. The number of nitrogens with zero attached hydrogens (tertiary/aromatic N) is 1. The van der Waals surface area contributed by atoms with Crippen LogP contribution in [0.3, 0.4) is 0 Å². The average Bonchev–Trinajstić information content (AvgIpc) is 3.07. The zero-order valence-electron chi connectivity index (χ0n) is 10.5. The first kappa shape index (κ1) is 15.6. The molecule has 0 bridgehead atoms. The summed E-state index contributed by atoms with van der Waals surface area (Å²) in [5.41, 5.74) is 0. The van der Waals surface area contributed by atoms with E-state index in [1.165, 1.54) is 0 Å². The van der Waals surface area contributed by atoms with Crippen LogP contribution >= 0.6 is 0 Å². The Balaban J connectivity index is 2.63. The molecule has 1 saturated carbocycles. The Labute approximate surface area is 108 Å². The lowest BCUT2D eigenvalue weighted by atomic mass is 10.2. The minimum atomic E-state index is -4.48. The van der Waals surface area contributed by atoms with Gasteiger partial charge < -0.3 is 15.3 Å². The van der Waals surface area contributed by atoms with E-state index >= 15 is 0 Å². The number of carbonyl (C=O) groups is 2. The number of halogens is 3. The van der Waals surface area contributed by atoms with Crippen LogP contribution in [-0.4, -0.2) is 46.8 Å². The van der Waals surface area contributed by atoms with Crippen LogP contribution in [0.2, 0.25) is 0 Å². The maximum atomic E-state index is 12.4. The molecule has 0 aromatic carbocycles. The van der Waals surface area contributed by atoms with E-state index in [4.69, 9.17) is 5.11 Å². The van der Waals surface area contributed by atoms with E-state index in [2.05, 4.69) is 5.32 Å². The zero-order chi connectivity index (χ0) is 14.6. The van der Waals surface area contributed by atoms with Crippen molar-refractivity contribution in [3.05, 3.63) is 0 Å². The molecule has 0 heterocycles. The lowest BCUT2D eigenvalue weighted by Crippen LogP contribution is -2.51. The number of amides is 2. The second kappa shape index (κ2) is 6.12. The molecular weight excluding hydrogens is 265 g/mol. The zero-order valence-corrected chi connectivity index (χ0v) is 10.5. The number of carboxylic acids is 1. The standard InChI is InChI=1S/C11H17F3N2O3/c1-2-3-8(9(17)18)15-10(19)16(7-4-5-7)6-11(12,13)14/h7-8H,2-6H2,1H3,(H,15,19)(H,17,18)/t8-/m0/s1. The van der Waals surface area contributed by atoms with Gasteiger partial charge in [0.15, 0.2) is 0 Å². The molecular formula is C11H17F3N2O3. The van der Waals surface area contributed by atoms with Gasteiger partial charge in [-0.3, -0.25) is 0 Å². The van der Waals surface area contributed by atoms with Crippen molar-refractivity contribution in [1.82, 2.24) is 10.2 Å². The van der Waals surface area contributed by atoms with Crippen LogP contribution in [0.5, 0.6) is 0 Å². The predicted octanol–water partition coefficient (Wildman–Crippen LogP) is 1.98.